The third-order valence-corrected chi connectivity index (χ3v) is 3.87. The van der Waals surface area contributed by atoms with Crippen LogP contribution in [0.25, 0.3) is 11.4 Å². The SMILES string of the molecule is CCC(NC(=O)CC(C)O)c1nnc(-c2cccc(Br)c2)[nH]c1=O. The molecule has 1 heterocycles. The normalized spacial score (nSPS) is 13.3. The van der Waals surface area contributed by atoms with Crippen molar-refractivity contribution in [2.24, 2.45) is 0 Å². The van der Waals surface area contributed by atoms with Crippen LogP contribution in [0, 0.1) is 0 Å². The number of aromatic nitrogens is 3. The molecule has 0 bridgehead atoms. The van der Waals surface area contributed by atoms with E-state index in [0.717, 1.165) is 10.0 Å². The molecule has 0 aliphatic heterocycles. The van der Waals surface area contributed by atoms with E-state index >= 15 is 0 Å². The molecule has 0 saturated heterocycles. The van der Waals surface area contributed by atoms with E-state index in [9.17, 15) is 14.7 Å². The van der Waals surface area contributed by atoms with Gasteiger partial charge in [-0.25, -0.2) is 0 Å². The van der Waals surface area contributed by atoms with Gasteiger partial charge in [-0.2, -0.15) is 0 Å². The number of carbonyl (C=O) groups excluding carboxylic acids is 1. The van der Waals surface area contributed by atoms with Gasteiger partial charge in [-0.05, 0) is 25.5 Å². The van der Waals surface area contributed by atoms with Crippen molar-refractivity contribution < 1.29 is 9.90 Å². The van der Waals surface area contributed by atoms with Gasteiger partial charge >= 0.3 is 0 Å². The Balaban J connectivity index is 2.24. The van der Waals surface area contributed by atoms with Gasteiger partial charge in [-0.15, -0.1) is 10.2 Å². The molecule has 24 heavy (non-hydrogen) atoms. The fourth-order valence-corrected chi connectivity index (χ4v) is 2.62. The quantitative estimate of drug-likeness (QED) is 0.693. The maximum Gasteiger partial charge on any atom is 0.275 e. The van der Waals surface area contributed by atoms with Crippen molar-refractivity contribution in [3.63, 3.8) is 0 Å². The molecule has 2 atom stereocenters. The zero-order valence-corrected chi connectivity index (χ0v) is 15.0. The van der Waals surface area contributed by atoms with E-state index in [4.69, 9.17) is 0 Å². The topological polar surface area (TPSA) is 108 Å². The highest BCUT2D eigenvalue weighted by Crippen LogP contribution is 2.19. The zero-order chi connectivity index (χ0) is 17.7. The summed E-state index contributed by atoms with van der Waals surface area (Å²) in [6.45, 7) is 3.36. The van der Waals surface area contributed by atoms with Gasteiger partial charge in [0.25, 0.3) is 5.56 Å². The Morgan fingerprint density at radius 3 is 2.75 bits per heavy atom. The third-order valence-electron chi connectivity index (χ3n) is 3.37. The summed E-state index contributed by atoms with van der Waals surface area (Å²) in [6.07, 6.45) is -0.289. The average molecular weight is 395 g/mol. The molecule has 0 spiro atoms. The maximum absolute atomic E-state index is 12.3. The largest absolute Gasteiger partial charge is 0.393 e. The van der Waals surface area contributed by atoms with Crippen molar-refractivity contribution in [2.75, 3.05) is 0 Å². The number of rotatable bonds is 6. The summed E-state index contributed by atoms with van der Waals surface area (Å²) in [5.74, 6) is 0.0179. The number of nitrogens with zero attached hydrogens (tertiary/aromatic N) is 2. The molecule has 1 aromatic heterocycles. The van der Waals surface area contributed by atoms with Gasteiger partial charge in [0.1, 0.15) is 0 Å². The van der Waals surface area contributed by atoms with Crippen LogP contribution >= 0.6 is 15.9 Å². The van der Waals surface area contributed by atoms with E-state index in [1.165, 1.54) is 6.92 Å². The van der Waals surface area contributed by atoms with Crippen LogP contribution < -0.4 is 10.9 Å². The summed E-state index contributed by atoms with van der Waals surface area (Å²) in [6, 6.07) is 6.78. The molecule has 3 N–H and O–H groups in total. The van der Waals surface area contributed by atoms with Crippen molar-refractivity contribution in [2.45, 2.75) is 38.8 Å². The lowest BCUT2D eigenvalue weighted by atomic mass is 10.1. The number of aliphatic hydroxyl groups is 1. The summed E-state index contributed by atoms with van der Waals surface area (Å²) in [5.41, 5.74) is 0.478. The van der Waals surface area contributed by atoms with Gasteiger partial charge in [-0.1, -0.05) is 35.0 Å². The number of benzene rings is 1. The van der Waals surface area contributed by atoms with Crippen molar-refractivity contribution in [3.05, 3.63) is 44.8 Å². The minimum atomic E-state index is -0.745. The number of aromatic amines is 1. The molecule has 1 amide bonds. The van der Waals surface area contributed by atoms with E-state index < -0.39 is 17.7 Å². The molecule has 7 nitrogen and oxygen atoms in total. The molecular weight excluding hydrogens is 376 g/mol. The minimum Gasteiger partial charge on any atom is -0.393 e. The Morgan fingerprint density at radius 2 is 2.17 bits per heavy atom. The van der Waals surface area contributed by atoms with E-state index in [1.807, 2.05) is 31.2 Å². The van der Waals surface area contributed by atoms with Gasteiger partial charge in [0.2, 0.25) is 5.91 Å². The van der Waals surface area contributed by atoms with Gasteiger partial charge in [-0.3, -0.25) is 9.59 Å². The highest BCUT2D eigenvalue weighted by molar-refractivity contribution is 9.10. The second-order valence-electron chi connectivity index (χ2n) is 5.48. The van der Waals surface area contributed by atoms with Crippen LogP contribution in [0.4, 0.5) is 0 Å². The van der Waals surface area contributed by atoms with Gasteiger partial charge < -0.3 is 15.4 Å². The third kappa shape index (κ3) is 4.72. The zero-order valence-electron chi connectivity index (χ0n) is 13.4. The van der Waals surface area contributed by atoms with Crippen LogP contribution in [0.3, 0.4) is 0 Å². The molecule has 2 aromatic rings. The molecule has 2 unspecified atom stereocenters. The van der Waals surface area contributed by atoms with Crippen LogP contribution in [0.2, 0.25) is 0 Å². The number of halogens is 1. The molecule has 0 aliphatic rings. The van der Waals surface area contributed by atoms with Crippen LogP contribution in [0.1, 0.15) is 38.4 Å². The molecular formula is C16H19BrN4O3. The average Bonchev–Trinajstić information content (AvgIpc) is 2.52. The lowest BCUT2D eigenvalue weighted by Gasteiger charge is -2.16. The molecule has 0 aliphatic carbocycles. The lowest BCUT2D eigenvalue weighted by Crippen LogP contribution is -2.34. The summed E-state index contributed by atoms with van der Waals surface area (Å²) in [4.78, 5) is 26.8. The highest BCUT2D eigenvalue weighted by Gasteiger charge is 2.19. The molecule has 2 rings (SSSR count). The maximum atomic E-state index is 12.3. The van der Waals surface area contributed by atoms with Crippen molar-refractivity contribution in [3.8, 4) is 11.4 Å². The second-order valence-corrected chi connectivity index (χ2v) is 6.40. The molecule has 1 aromatic carbocycles. The highest BCUT2D eigenvalue weighted by atomic mass is 79.9. The van der Waals surface area contributed by atoms with Crippen molar-refractivity contribution in [1.29, 1.82) is 0 Å². The molecule has 8 heteroatoms. The molecule has 0 saturated carbocycles. The Kier molecular flexibility index (Phi) is 6.22. The molecule has 0 radical (unpaired) electrons. The van der Waals surface area contributed by atoms with Crippen LogP contribution in [0.5, 0.6) is 0 Å². The number of hydrogen-bond donors (Lipinski definition) is 3. The predicted octanol–water partition coefficient (Wildman–Crippen LogP) is 1.93. The van der Waals surface area contributed by atoms with Gasteiger partial charge in [0.15, 0.2) is 11.5 Å². The number of H-pyrrole nitrogens is 1. The molecule has 0 fully saturated rings. The Morgan fingerprint density at radius 1 is 1.42 bits per heavy atom. The number of hydrogen-bond acceptors (Lipinski definition) is 5. The number of aliphatic hydroxyl groups excluding tert-OH is 1. The van der Waals surface area contributed by atoms with E-state index in [2.05, 4.69) is 36.4 Å². The minimum absolute atomic E-state index is 0.0298. The van der Waals surface area contributed by atoms with Crippen LogP contribution in [0.15, 0.2) is 33.5 Å². The Bertz CT molecular complexity index is 776. The van der Waals surface area contributed by atoms with E-state index in [1.54, 1.807) is 0 Å². The Hall–Kier alpha value is -2.06. The van der Waals surface area contributed by atoms with Crippen molar-refractivity contribution >= 4 is 21.8 Å². The first-order valence-electron chi connectivity index (χ1n) is 7.61. The number of amides is 1. The summed E-state index contributed by atoms with van der Waals surface area (Å²) in [5, 5.41) is 20.0. The number of nitrogens with one attached hydrogen (secondary N) is 2. The predicted molar refractivity (Wildman–Crippen MR) is 93.3 cm³/mol. The standard InChI is InChI=1S/C16H19BrN4O3/c1-3-12(18-13(23)7-9(2)22)14-16(24)19-15(21-20-14)10-5-4-6-11(17)8-10/h4-6,8-9,12,22H,3,7H2,1-2H3,(H,18,23)(H,19,21,24). The molecule has 128 valence electrons. The van der Waals surface area contributed by atoms with Crippen LogP contribution in [-0.2, 0) is 4.79 Å². The van der Waals surface area contributed by atoms with Crippen LogP contribution in [-0.4, -0.2) is 32.3 Å². The summed E-state index contributed by atoms with van der Waals surface area (Å²) in [7, 11) is 0. The van der Waals surface area contributed by atoms with E-state index in [0.29, 0.717) is 12.2 Å². The second kappa shape index (κ2) is 8.16. The lowest BCUT2D eigenvalue weighted by molar-refractivity contribution is -0.123. The summed E-state index contributed by atoms with van der Waals surface area (Å²) >= 11 is 3.37. The fraction of sp³-hybridized carbons (Fsp3) is 0.375. The Labute approximate surface area is 147 Å². The van der Waals surface area contributed by atoms with Gasteiger partial charge in [0, 0.05) is 10.0 Å². The fourth-order valence-electron chi connectivity index (χ4n) is 2.22. The van der Waals surface area contributed by atoms with Crippen molar-refractivity contribution in [1.82, 2.24) is 20.5 Å². The van der Waals surface area contributed by atoms with E-state index in [-0.39, 0.29) is 18.0 Å². The summed E-state index contributed by atoms with van der Waals surface area (Å²) < 4.78 is 0.864. The first-order valence-corrected chi connectivity index (χ1v) is 8.40. The first-order chi connectivity index (χ1) is 11.4. The number of carbonyl (C=O) groups is 1. The first kappa shape index (κ1) is 18.3. The monoisotopic (exact) mass is 394 g/mol. The van der Waals surface area contributed by atoms with Gasteiger partial charge in [0.05, 0.1) is 18.6 Å². The smallest absolute Gasteiger partial charge is 0.275 e.